The van der Waals surface area contributed by atoms with Gasteiger partial charge in [-0.3, -0.25) is 0 Å². The normalized spacial score (nSPS) is 11.0. The molecule has 0 amide bonds. The first-order valence-corrected chi connectivity index (χ1v) is 5.51. The van der Waals surface area contributed by atoms with Crippen molar-refractivity contribution < 1.29 is 0 Å². The van der Waals surface area contributed by atoms with E-state index in [4.69, 9.17) is 11.6 Å². The molecular formula is C10H6ClN3S. The van der Waals surface area contributed by atoms with Crippen molar-refractivity contribution >= 4 is 34.4 Å². The van der Waals surface area contributed by atoms with Gasteiger partial charge < -0.3 is 4.57 Å². The summed E-state index contributed by atoms with van der Waals surface area (Å²) < 4.78 is 10.4. The Morgan fingerprint density at radius 1 is 1.13 bits per heavy atom. The molecule has 0 bridgehead atoms. The summed E-state index contributed by atoms with van der Waals surface area (Å²) in [5.41, 5.74) is 2.63. The van der Waals surface area contributed by atoms with Gasteiger partial charge in [-0.15, -0.1) is 0 Å². The lowest BCUT2D eigenvalue weighted by Crippen LogP contribution is -1.92. The molecule has 0 unspecified atom stereocenters. The first-order chi connectivity index (χ1) is 7.36. The maximum Gasteiger partial charge on any atom is 0.130 e. The monoisotopic (exact) mass is 235 g/mol. The van der Waals surface area contributed by atoms with Gasteiger partial charge >= 0.3 is 0 Å². The number of hydrogen-bond donors (Lipinski definition) is 0. The fourth-order valence-electron chi connectivity index (χ4n) is 1.54. The molecule has 74 valence electrons. The Balaban J connectivity index is 2.41. The van der Waals surface area contributed by atoms with Crippen LogP contribution in [-0.2, 0) is 0 Å². The highest BCUT2D eigenvalue weighted by molar-refractivity contribution is 7.00. The van der Waals surface area contributed by atoms with E-state index in [1.165, 1.54) is 11.7 Å². The molecule has 0 atom stereocenters. The van der Waals surface area contributed by atoms with Gasteiger partial charge in [-0.25, -0.2) is 0 Å². The van der Waals surface area contributed by atoms with Crippen molar-refractivity contribution in [3.63, 3.8) is 0 Å². The summed E-state index contributed by atoms with van der Waals surface area (Å²) in [6, 6.07) is 7.64. The molecule has 3 aromatic rings. The van der Waals surface area contributed by atoms with Crippen LogP contribution < -0.4 is 0 Å². The van der Waals surface area contributed by atoms with Gasteiger partial charge in [0.2, 0.25) is 0 Å². The van der Waals surface area contributed by atoms with E-state index in [0.29, 0.717) is 5.02 Å². The van der Waals surface area contributed by atoms with Crippen molar-refractivity contribution in [2.45, 2.75) is 0 Å². The van der Waals surface area contributed by atoms with Gasteiger partial charge in [0, 0.05) is 12.4 Å². The van der Waals surface area contributed by atoms with Crippen LogP contribution in [0.15, 0.2) is 36.7 Å². The number of halogens is 1. The molecule has 0 radical (unpaired) electrons. The fraction of sp³-hybridized carbons (Fsp3) is 0. The highest BCUT2D eigenvalue weighted by atomic mass is 35.5. The number of rotatable bonds is 1. The Bertz CT molecular complexity index is 600. The molecule has 0 aliphatic carbocycles. The molecule has 2 aromatic heterocycles. The average molecular weight is 236 g/mol. The number of benzene rings is 1. The van der Waals surface area contributed by atoms with Crippen LogP contribution in [0.25, 0.3) is 16.7 Å². The first kappa shape index (κ1) is 8.88. The van der Waals surface area contributed by atoms with Gasteiger partial charge in [-0.1, -0.05) is 11.6 Å². The van der Waals surface area contributed by atoms with E-state index in [1.807, 2.05) is 41.2 Å². The highest BCUT2D eigenvalue weighted by Crippen LogP contribution is 2.28. The minimum absolute atomic E-state index is 0.686. The zero-order valence-electron chi connectivity index (χ0n) is 7.59. The van der Waals surface area contributed by atoms with Crippen molar-refractivity contribution in [3.8, 4) is 5.69 Å². The van der Waals surface area contributed by atoms with Crippen LogP contribution in [-0.4, -0.2) is 13.3 Å². The lowest BCUT2D eigenvalue weighted by atomic mass is 10.2. The molecule has 5 heteroatoms. The maximum absolute atomic E-state index is 6.17. The number of fused-ring (bicyclic) bond motifs is 1. The molecule has 0 N–H and O–H groups in total. The van der Waals surface area contributed by atoms with E-state index in [1.54, 1.807) is 0 Å². The van der Waals surface area contributed by atoms with E-state index >= 15 is 0 Å². The van der Waals surface area contributed by atoms with E-state index in [9.17, 15) is 0 Å². The smallest absolute Gasteiger partial charge is 0.130 e. The van der Waals surface area contributed by atoms with Gasteiger partial charge in [0.05, 0.1) is 22.4 Å². The highest BCUT2D eigenvalue weighted by Gasteiger charge is 2.10. The van der Waals surface area contributed by atoms with E-state index in [-0.39, 0.29) is 0 Å². The zero-order valence-corrected chi connectivity index (χ0v) is 9.16. The van der Waals surface area contributed by atoms with Crippen molar-refractivity contribution in [1.82, 2.24) is 13.3 Å². The average Bonchev–Trinajstić information content (AvgIpc) is 2.85. The van der Waals surface area contributed by atoms with Crippen LogP contribution in [0.1, 0.15) is 0 Å². The molecule has 0 saturated carbocycles. The quantitative estimate of drug-likeness (QED) is 0.649. The van der Waals surface area contributed by atoms with Crippen molar-refractivity contribution in [1.29, 1.82) is 0 Å². The molecule has 0 aliphatic heterocycles. The summed E-state index contributed by atoms with van der Waals surface area (Å²) >= 11 is 7.37. The summed E-state index contributed by atoms with van der Waals surface area (Å²) in [6.07, 6.45) is 3.89. The first-order valence-electron chi connectivity index (χ1n) is 4.40. The summed E-state index contributed by atoms with van der Waals surface area (Å²) in [4.78, 5) is 0. The fourth-order valence-corrected chi connectivity index (χ4v) is 2.33. The minimum Gasteiger partial charge on any atom is -0.321 e. The third kappa shape index (κ3) is 1.33. The Morgan fingerprint density at radius 3 is 2.73 bits per heavy atom. The maximum atomic E-state index is 6.17. The molecule has 0 aliphatic rings. The molecule has 3 nitrogen and oxygen atoms in total. The molecule has 3 rings (SSSR count). The summed E-state index contributed by atoms with van der Waals surface area (Å²) in [5.74, 6) is 0. The third-order valence-electron chi connectivity index (χ3n) is 2.21. The van der Waals surface area contributed by atoms with Crippen molar-refractivity contribution in [2.75, 3.05) is 0 Å². The van der Waals surface area contributed by atoms with Gasteiger partial charge in [-0.05, 0) is 24.3 Å². The Morgan fingerprint density at radius 2 is 1.93 bits per heavy atom. The number of aromatic nitrogens is 3. The predicted molar refractivity (Wildman–Crippen MR) is 61.8 cm³/mol. The molecular weight excluding hydrogens is 230 g/mol. The molecule has 0 spiro atoms. The van der Waals surface area contributed by atoms with E-state index in [0.717, 1.165) is 16.7 Å². The SMILES string of the molecule is Clc1ccc2nsnc2c1-n1cccc1. The topological polar surface area (TPSA) is 30.7 Å². The summed E-state index contributed by atoms with van der Waals surface area (Å²) in [5, 5.41) is 0.686. The van der Waals surface area contributed by atoms with Crippen LogP contribution in [0.5, 0.6) is 0 Å². The Hall–Kier alpha value is -1.39. The minimum atomic E-state index is 0.686. The van der Waals surface area contributed by atoms with Gasteiger partial charge in [0.15, 0.2) is 0 Å². The number of hydrogen-bond acceptors (Lipinski definition) is 3. The standard InChI is InChI=1S/C10H6ClN3S/c11-7-3-4-8-9(13-15-12-8)10(7)14-5-1-2-6-14/h1-6H. The largest absolute Gasteiger partial charge is 0.321 e. The van der Waals surface area contributed by atoms with E-state index < -0.39 is 0 Å². The van der Waals surface area contributed by atoms with Crippen LogP contribution in [0.2, 0.25) is 5.02 Å². The van der Waals surface area contributed by atoms with E-state index in [2.05, 4.69) is 8.75 Å². The second-order valence-electron chi connectivity index (χ2n) is 3.12. The Kier molecular flexibility index (Phi) is 1.97. The molecule has 1 aromatic carbocycles. The van der Waals surface area contributed by atoms with Crippen LogP contribution in [0.4, 0.5) is 0 Å². The van der Waals surface area contributed by atoms with Gasteiger partial charge in [0.1, 0.15) is 11.0 Å². The molecule has 0 saturated heterocycles. The lowest BCUT2D eigenvalue weighted by Gasteiger charge is -2.05. The van der Waals surface area contributed by atoms with Crippen LogP contribution in [0.3, 0.4) is 0 Å². The van der Waals surface area contributed by atoms with Crippen LogP contribution in [0, 0.1) is 0 Å². The van der Waals surface area contributed by atoms with Gasteiger partial charge in [0.25, 0.3) is 0 Å². The van der Waals surface area contributed by atoms with Gasteiger partial charge in [-0.2, -0.15) is 8.75 Å². The lowest BCUT2D eigenvalue weighted by molar-refractivity contribution is 1.09. The van der Waals surface area contributed by atoms with Crippen molar-refractivity contribution in [2.24, 2.45) is 0 Å². The molecule has 0 fully saturated rings. The summed E-state index contributed by atoms with van der Waals surface area (Å²) in [7, 11) is 0. The molecule has 2 heterocycles. The zero-order chi connectivity index (χ0) is 10.3. The van der Waals surface area contributed by atoms with Crippen LogP contribution >= 0.6 is 23.3 Å². The second-order valence-corrected chi connectivity index (χ2v) is 4.05. The third-order valence-corrected chi connectivity index (χ3v) is 3.06. The Labute approximate surface area is 95.3 Å². The predicted octanol–water partition coefficient (Wildman–Crippen LogP) is 3.14. The second kappa shape index (κ2) is 3.32. The van der Waals surface area contributed by atoms with Crippen molar-refractivity contribution in [3.05, 3.63) is 41.7 Å². The molecule has 15 heavy (non-hydrogen) atoms. The number of nitrogens with zero attached hydrogens (tertiary/aromatic N) is 3. The summed E-state index contributed by atoms with van der Waals surface area (Å²) in [6.45, 7) is 0.